The Morgan fingerprint density at radius 2 is 1.80 bits per heavy atom. The van der Waals surface area contributed by atoms with Crippen molar-refractivity contribution in [3.8, 4) is 0 Å². The lowest BCUT2D eigenvalue weighted by molar-refractivity contribution is -0.128. The average Bonchev–Trinajstić information content (AvgIpc) is 3.74. The highest BCUT2D eigenvalue weighted by atomic mass is 32.2. The van der Waals surface area contributed by atoms with E-state index in [4.69, 9.17) is 10.5 Å². The van der Waals surface area contributed by atoms with Crippen molar-refractivity contribution in [2.24, 2.45) is 17.6 Å². The lowest BCUT2D eigenvalue weighted by Crippen LogP contribution is -2.39. The number of nitrogens with one attached hydrogen (secondary N) is 2. The van der Waals surface area contributed by atoms with Crippen molar-refractivity contribution in [1.82, 2.24) is 14.9 Å². The summed E-state index contributed by atoms with van der Waals surface area (Å²) in [5.41, 5.74) is 4.63. The number of carbonyl (C=O) groups is 4. The van der Waals surface area contributed by atoms with Gasteiger partial charge in [-0.3, -0.25) is 19.1 Å². The molecule has 0 spiro atoms. The van der Waals surface area contributed by atoms with Gasteiger partial charge in [-0.15, -0.1) is 0 Å². The lowest BCUT2D eigenvalue weighted by Gasteiger charge is -2.19. The smallest absolute Gasteiger partial charge is 0.407 e. The summed E-state index contributed by atoms with van der Waals surface area (Å²) in [5.74, 6) is -0.626. The van der Waals surface area contributed by atoms with Crippen molar-refractivity contribution in [2.45, 2.75) is 116 Å². The zero-order valence-corrected chi connectivity index (χ0v) is 25.8. The molecule has 3 fully saturated rings. The number of rotatable bonds is 11. The second-order valence-corrected chi connectivity index (χ2v) is 14.0. The molecule has 11 nitrogen and oxygen atoms in total. The van der Waals surface area contributed by atoms with Gasteiger partial charge in [-0.1, -0.05) is 31.9 Å². The molecular weight excluding hydrogens is 536 g/mol. The van der Waals surface area contributed by atoms with Crippen molar-refractivity contribution in [1.29, 1.82) is 0 Å². The second-order valence-electron chi connectivity index (χ2n) is 11.8. The fraction of sp³-hybridized carbons (Fsp3) is 0.786. The van der Waals surface area contributed by atoms with Gasteiger partial charge in [0.25, 0.3) is 0 Å². The Morgan fingerprint density at radius 1 is 1.15 bits per heavy atom. The van der Waals surface area contributed by atoms with Gasteiger partial charge in [0.1, 0.15) is 11.6 Å². The number of ether oxygens (including phenoxy) is 1. The molecular formula is C28H50N4O7S. The summed E-state index contributed by atoms with van der Waals surface area (Å²) in [6.45, 7) is 12.5. The van der Waals surface area contributed by atoms with Crippen LogP contribution in [0.2, 0.25) is 0 Å². The highest BCUT2D eigenvalue weighted by Gasteiger charge is 2.52. The van der Waals surface area contributed by atoms with Crippen LogP contribution in [0, 0.1) is 11.8 Å². The molecule has 230 valence electrons. The minimum Gasteiger partial charge on any atom is -0.444 e. The van der Waals surface area contributed by atoms with Crippen LogP contribution in [0.3, 0.4) is 0 Å². The van der Waals surface area contributed by atoms with Crippen LogP contribution in [0.25, 0.3) is 0 Å². The second kappa shape index (κ2) is 16.0. The number of hydrogen-bond donors (Lipinski definition) is 3. The van der Waals surface area contributed by atoms with E-state index < -0.39 is 20.7 Å². The van der Waals surface area contributed by atoms with Crippen molar-refractivity contribution < 1.29 is 32.3 Å². The summed E-state index contributed by atoms with van der Waals surface area (Å²) in [7, 11) is -3.47. The Bertz CT molecular complexity index is 987. The van der Waals surface area contributed by atoms with E-state index in [9.17, 15) is 27.6 Å². The summed E-state index contributed by atoms with van der Waals surface area (Å²) in [6, 6.07) is -0.350. The predicted octanol–water partition coefficient (Wildman–Crippen LogP) is 3.38. The summed E-state index contributed by atoms with van der Waals surface area (Å²) in [4.78, 5) is 44.9. The van der Waals surface area contributed by atoms with E-state index in [1.54, 1.807) is 6.92 Å². The molecule has 0 aromatic heterocycles. The van der Waals surface area contributed by atoms with Gasteiger partial charge in [0.15, 0.2) is 0 Å². The Kier molecular flexibility index (Phi) is 14.1. The lowest BCUT2D eigenvalue weighted by atomic mass is 10.2. The van der Waals surface area contributed by atoms with E-state index in [2.05, 4.69) is 29.1 Å². The summed E-state index contributed by atoms with van der Waals surface area (Å²) < 4.78 is 30.4. The molecule has 0 aromatic carbocycles. The van der Waals surface area contributed by atoms with Crippen LogP contribution >= 0.6 is 0 Å². The van der Waals surface area contributed by atoms with E-state index in [1.807, 2.05) is 27.7 Å². The molecule has 2 saturated carbocycles. The first-order valence-corrected chi connectivity index (χ1v) is 15.8. The first-order chi connectivity index (χ1) is 18.6. The van der Waals surface area contributed by atoms with E-state index in [-0.39, 0.29) is 35.5 Å². The Hall–Kier alpha value is -2.63. The molecule has 0 radical (unpaired) electrons. The SMILES string of the molecule is CCCCC/C=C\C1CC1C(=O)NS(=O)(=O)C1(C)CC1.CCNC(=O)OC(C)(C)C.NC(=O)C1CCCN1C=O. The monoisotopic (exact) mass is 586 g/mol. The van der Waals surface area contributed by atoms with Gasteiger partial charge >= 0.3 is 6.09 Å². The molecule has 40 heavy (non-hydrogen) atoms. The number of allylic oxidation sites excluding steroid dienone is 2. The third-order valence-corrected chi connectivity index (χ3v) is 9.03. The summed E-state index contributed by atoms with van der Waals surface area (Å²) in [5, 5.41) is 2.54. The molecule has 0 bridgehead atoms. The van der Waals surface area contributed by atoms with Crippen LogP contribution in [0.15, 0.2) is 12.2 Å². The molecule has 3 rings (SSSR count). The molecule has 4 amide bonds. The standard InChI is InChI=1S/C15H25NO3S.C7H15NO2.C6H10N2O2/c1-3-4-5-6-7-8-12-11-13(12)14(17)16-20(18,19)15(2)9-10-15;1-5-8-6(9)10-7(2,3)4;7-6(10)5-2-1-3-8(5)4-9/h7-8,12-13H,3-6,9-11H2,1-2H3,(H,16,17);5H2,1-4H3,(H,8,9);4-5H,1-3H2,(H2,7,10)/b8-7-;;. The number of likely N-dealkylation sites (tertiary alicyclic amines) is 1. The van der Waals surface area contributed by atoms with Crippen molar-refractivity contribution in [3.63, 3.8) is 0 Å². The van der Waals surface area contributed by atoms with Gasteiger partial charge in [-0.05, 0) is 85.5 Å². The number of sulfonamides is 1. The predicted molar refractivity (Wildman–Crippen MR) is 154 cm³/mol. The van der Waals surface area contributed by atoms with Gasteiger partial charge in [0.05, 0.1) is 4.75 Å². The number of amides is 4. The highest BCUT2D eigenvalue weighted by molar-refractivity contribution is 7.91. The van der Waals surface area contributed by atoms with Crippen molar-refractivity contribution in [3.05, 3.63) is 12.2 Å². The highest BCUT2D eigenvalue weighted by Crippen LogP contribution is 2.44. The number of alkyl carbamates (subject to hydrolysis) is 1. The molecule has 1 saturated heterocycles. The topological polar surface area (TPSA) is 165 Å². The van der Waals surface area contributed by atoms with E-state index in [1.165, 1.54) is 24.2 Å². The minimum absolute atomic E-state index is 0.144. The first kappa shape index (κ1) is 35.4. The van der Waals surface area contributed by atoms with Gasteiger partial charge in [-0.2, -0.15) is 0 Å². The maximum absolute atomic E-state index is 11.9. The third kappa shape index (κ3) is 12.7. The van der Waals surface area contributed by atoms with Gasteiger partial charge in [0.2, 0.25) is 28.2 Å². The normalized spacial score (nSPS) is 22.6. The van der Waals surface area contributed by atoms with E-state index >= 15 is 0 Å². The average molecular weight is 587 g/mol. The largest absolute Gasteiger partial charge is 0.444 e. The fourth-order valence-corrected chi connectivity index (χ4v) is 5.27. The molecule has 2 aliphatic carbocycles. The number of nitrogens with zero attached hydrogens (tertiary/aromatic N) is 1. The zero-order valence-electron chi connectivity index (χ0n) is 25.0. The van der Waals surface area contributed by atoms with Gasteiger partial charge < -0.3 is 20.7 Å². The first-order valence-electron chi connectivity index (χ1n) is 14.3. The zero-order chi connectivity index (χ0) is 30.6. The quantitative estimate of drug-likeness (QED) is 0.190. The summed E-state index contributed by atoms with van der Waals surface area (Å²) >= 11 is 0. The van der Waals surface area contributed by atoms with Crippen LogP contribution in [-0.4, -0.2) is 67.1 Å². The van der Waals surface area contributed by atoms with Crippen LogP contribution in [0.4, 0.5) is 4.79 Å². The molecule has 12 heteroatoms. The van der Waals surface area contributed by atoms with Crippen LogP contribution < -0.4 is 15.8 Å². The molecule has 3 atom stereocenters. The van der Waals surface area contributed by atoms with Gasteiger partial charge in [-0.25, -0.2) is 13.2 Å². The fourth-order valence-electron chi connectivity index (χ4n) is 3.97. The van der Waals surface area contributed by atoms with Crippen LogP contribution in [0.1, 0.15) is 99.3 Å². The Morgan fingerprint density at radius 3 is 2.27 bits per heavy atom. The van der Waals surface area contributed by atoms with Gasteiger partial charge in [0, 0.05) is 19.0 Å². The Labute approximate surface area is 240 Å². The molecule has 1 heterocycles. The van der Waals surface area contributed by atoms with Crippen LogP contribution in [0.5, 0.6) is 0 Å². The number of primary amides is 1. The number of nitrogens with two attached hydrogens (primary N) is 1. The maximum Gasteiger partial charge on any atom is 0.407 e. The Balaban J connectivity index is 0.000000337. The number of unbranched alkanes of at least 4 members (excludes halogenated alkanes) is 3. The minimum atomic E-state index is -3.47. The molecule has 4 N–H and O–H groups in total. The van der Waals surface area contributed by atoms with Crippen LogP contribution in [-0.2, 0) is 29.1 Å². The third-order valence-electron chi connectivity index (χ3n) is 6.85. The summed E-state index contributed by atoms with van der Waals surface area (Å²) in [6.07, 6.45) is 12.9. The number of carbonyl (C=O) groups excluding carboxylic acids is 4. The maximum atomic E-state index is 11.9. The molecule has 3 unspecified atom stereocenters. The van der Waals surface area contributed by atoms with Crippen molar-refractivity contribution >= 4 is 34.3 Å². The molecule has 1 aliphatic heterocycles. The molecule has 3 aliphatic rings. The van der Waals surface area contributed by atoms with Crippen molar-refractivity contribution in [2.75, 3.05) is 13.1 Å². The molecule has 0 aromatic rings. The number of hydrogen-bond acceptors (Lipinski definition) is 7. The van der Waals surface area contributed by atoms with E-state index in [0.717, 1.165) is 19.3 Å². The van der Waals surface area contributed by atoms with E-state index in [0.29, 0.717) is 38.8 Å².